The van der Waals surface area contributed by atoms with Gasteiger partial charge < -0.3 is 4.74 Å². The number of allylic oxidation sites excluding steroid dienone is 1. The van der Waals surface area contributed by atoms with Crippen LogP contribution in [0.5, 0.6) is 0 Å². The van der Waals surface area contributed by atoms with Crippen molar-refractivity contribution in [1.29, 1.82) is 0 Å². The molecular formula is C23H44O2. The molecule has 0 unspecified atom stereocenters. The molecule has 0 N–H and O–H groups in total. The monoisotopic (exact) mass is 352 g/mol. The van der Waals surface area contributed by atoms with Crippen LogP contribution in [0.2, 0.25) is 0 Å². The van der Waals surface area contributed by atoms with E-state index in [1.54, 1.807) is 0 Å². The first kappa shape index (κ1) is 24.2. The number of carbonyl (C=O) groups is 1. The zero-order valence-corrected chi connectivity index (χ0v) is 17.4. The fraction of sp³-hybridized carbons (Fsp3) is 0.870. The van der Waals surface area contributed by atoms with E-state index in [1.165, 1.54) is 110 Å². The van der Waals surface area contributed by atoms with Crippen LogP contribution >= 0.6 is 0 Å². The van der Waals surface area contributed by atoms with Crippen molar-refractivity contribution in [3.05, 3.63) is 11.6 Å². The van der Waals surface area contributed by atoms with Crippen molar-refractivity contribution in [2.45, 2.75) is 123 Å². The van der Waals surface area contributed by atoms with Crippen LogP contribution < -0.4 is 0 Å². The second-order valence-electron chi connectivity index (χ2n) is 7.47. The Bertz CT molecular complexity index is 320. The van der Waals surface area contributed by atoms with Gasteiger partial charge in [-0.3, -0.25) is 0 Å². The molecule has 0 saturated carbocycles. The summed E-state index contributed by atoms with van der Waals surface area (Å²) in [6.07, 6.45) is 25.3. The minimum atomic E-state index is -0.198. The average molecular weight is 353 g/mol. The quantitative estimate of drug-likeness (QED) is 0.143. The standard InChI is InChI=1S/C23H44O2/c1-4-5-6-7-8-9-10-11-12-13-14-15-16-17-18-19-20-21-22(2)23(24)25-3/h21H,4-20H2,1-3H3. The molecule has 0 aliphatic heterocycles. The molecule has 0 saturated heterocycles. The highest BCUT2D eigenvalue weighted by molar-refractivity contribution is 5.87. The van der Waals surface area contributed by atoms with Crippen molar-refractivity contribution in [3.63, 3.8) is 0 Å². The lowest BCUT2D eigenvalue weighted by Crippen LogP contribution is -2.01. The van der Waals surface area contributed by atoms with Gasteiger partial charge in [0.05, 0.1) is 7.11 Å². The fourth-order valence-electron chi connectivity index (χ4n) is 3.26. The van der Waals surface area contributed by atoms with Crippen molar-refractivity contribution < 1.29 is 9.53 Å². The molecule has 25 heavy (non-hydrogen) atoms. The minimum absolute atomic E-state index is 0.198. The number of hydrogen-bond donors (Lipinski definition) is 0. The second-order valence-corrected chi connectivity index (χ2v) is 7.47. The summed E-state index contributed by atoms with van der Waals surface area (Å²) in [5.74, 6) is -0.198. The third-order valence-corrected chi connectivity index (χ3v) is 5.02. The predicted molar refractivity (Wildman–Crippen MR) is 110 cm³/mol. The molecule has 0 aromatic carbocycles. The highest BCUT2D eigenvalue weighted by Gasteiger charge is 2.01. The van der Waals surface area contributed by atoms with Crippen LogP contribution in [0.15, 0.2) is 11.6 Å². The number of methoxy groups -OCH3 is 1. The summed E-state index contributed by atoms with van der Waals surface area (Å²) in [5, 5.41) is 0. The van der Waals surface area contributed by atoms with E-state index in [-0.39, 0.29) is 5.97 Å². The zero-order valence-electron chi connectivity index (χ0n) is 17.4. The molecular weight excluding hydrogens is 308 g/mol. The predicted octanol–water partition coefficient (Wildman–Crippen LogP) is 7.76. The average Bonchev–Trinajstić information content (AvgIpc) is 2.63. The maximum Gasteiger partial charge on any atom is 0.333 e. The van der Waals surface area contributed by atoms with E-state index in [1.807, 2.05) is 13.0 Å². The molecule has 2 heteroatoms. The molecule has 0 aliphatic rings. The van der Waals surface area contributed by atoms with Crippen molar-refractivity contribution in [2.24, 2.45) is 0 Å². The number of carbonyl (C=O) groups excluding carboxylic acids is 1. The molecule has 0 bridgehead atoms. The van der Waals surface area contributed by atoms with Gasteiger partial charge >= 0.3 is 5.97 Å². The summed E-state index contributed by atoms with van der Waals surface area (Å²) < 4.78 is 4.69. The molecule has 0 aromatic heterocycles. The Kier molecular flexibility index (Phi) is 18.9. The fourth-order valence-corrected chi connectivity index (χ4v) is 3.26. The highest BCUT2D eigenvalue weighted by Crippen LogP contribution is 2.14. The lowest BCUT2D eigenvalue weighted by atomic mass is 10.0. The Labute approximate surface area is 157 Å². The van der Waals surface area contributed by atoms with Gasteiger partial charge in [-0.1, -0.05) is 109 Å². The number of rotatable bonds is 18. The van der Waals surface area contributed by atoms with E-state index >= 15 is 0 Å². The number of unbranched alkanes of at least 4 members (excludes halogenated alkanes) is 16. The minimum Gasteiger partial charge on any atom is -0.466 e. The topological polar surface area (TPSA) is 26.3 Å². The van der Waals surface area contributed by atoms with Gasteiger partial charge in [-0.05, 0) is 19.8 Å². The van der Waals surface area contributed by atoms with E-state index in [0.29, 0.717) is 0 Å². The van der Waals surface area contributed by atoms with E-state index < -0.39 is 0 Å². The first-order valence-electron chi connectivity index (χ1n) is 11.0. The Morgan fingerprint density at radius 1 is 0.680 bits per heavy atom. The number of hydrogen-bond acceptors (Lipinski definition) is 2. The van der Waals surface area contributed by atoms with E-state index in [9.17, 15) is 4.79 Å². The molecule has 2 nitrogen and oxygen atoms in total. The largest absolute Gasteiger partial charge is 0.466 e. The van der Waals surface area contributed by atoms with E-state index in [0.717, 1.165) is 12.0 Å². The molecule has 0 fully saturated rings. The molecule has 148 valence electrons. The summed E-state index contributed by atoms with van der Waals surface area (Å²) in [4.78, 5) is 11.2. The molecule has 0 heterocycles. The van der Waals surface area contributed by atoms with Crippen LogP contribution in [0.25, 0.3) is 0 Å². The maximum absolute atomic E-state index is 11.2. The van der Waals surface area contributed by atoms with Crippen molar-refractivity contribution >= 4 is 5.97 Å². The van der Waals surface area contributed by atoms with Crippen LogP contribution in [-0.2, 0) is 9.53 Å². The zero-order chi connectivity index (χ0) is 18.6. The lowest BCUT2D eigenvalue weighted by molar-refractivity contribution is -0.136. The van der Waals surface area contributed by atoms with Crippen molar-refractivity contribution in [3.8, 4) is 0 Å². The van der Waals surface area contributed by atoms with Gasteiger partial charge in [0.25, 0.3) is 0 Å². The Morgan fingerprint density at radius 2 is 1.04 bits per heavy atom. The van der Waals surface area contributed by atoms with Crippen LogP contribution in [-0.4, -0.2) is 13.1 Å². The highest BCUT2D eigenvalue weighted by atomic mass is 16.5. The van der Waals surface area contributed by atoms with Gasteiger partial charge in [0.15, 0.2) is 0 Å². The van der Waals surface area contributed by atoms with Crippen LogP contribution in [0.4, 0.5) is 0 Å². The Morgan fingerprint density at radius 3 is 1.40 bits per heavy atom. The lowest BCUT2D eigenvalue weighted by Gasteiger charge is -2.03. The normalized spacial score (nSPS) is 11.7. The third-order valence-electron chi connectivity index (χ3n) is 5.02. The maximum atomic E-state index is 11.2. The van der Waals surface area contributed by atoms with Crippen LogP contribution in [0.3, 0.4) is 0 Å². The molecule has 0 aromatic rings. The summed E-state index contributed by atoms with van der Waals surface area (Å²) in [7, 11) is 1.44. The van der Waals surface area contributed by atoms with Gasteiger partial charge in [0.2, 0.25) is 0 Å². The van der Waals surface area contributed by atoms with Crippen molar-refractivity contribution in [2.75, 3.05) is 7.11 Å². The van der Waals surface area contributed by atoms with Crippen LogP contribution in [0, 0.1) is 0 Å². The van der Waals surface area contributed by atoms with Gasteiger partial charge in [-0.15, -0.1) is 0 Å². The molecule has 0 rings (SSSR count). The van der Waals surface area contributed by atoms with Crippen LogP contribution in [0.1, 0.15) is 123 Å². The first-order chi connectivity index (χ1) is 12.2. The molecule has 0 spiro atoms. The number of esters is 1. The molecule has 0 atom stereocenters. The van der Waals surface area contributed by atoms with E-state index in [2.05, 4.69) is 11.7 Å². The molecule has 0 amide bonds. The molecule has 0 aliphatic carbocycles. The Hall–Kier alpha value is -0.790. The smallest absolute Gasteiger partial charge is 0.333 e. The summed E-state index contributed by atoms with van der Waals surface area (Å²) in [5.41, 5.74) is 0.739. The van der Waals surface area contributed by atoms with Gasteiger partial charge in [-0.25, -0.2) is 4.79 Å². The van der Waals surface area contributed by atoms with Crippen molar-refractivity contribution in [1.82, 2.24) is 0 Å². The van der Waals surface area contributed by atoms with Gasteiger partial charge in [0, 0.05) is 5.57 Å². The number of ether oxygens (including phenoxy) is 1. The summed E-state index contributed by atoms with van der Waals surface area (Å²) in [6, 6.07) is 0. The first-order valence-corrected chi connectivity index (χ1v) is 11.0. The summed E-state index contributed by atoms with van der Waals surface area (Å²) in [6.45, 7) is 4.12. The second kappa shape index (κ2) is 19.5. The van der Waals surface area contributed by atoms with Gasteiger partial charge in [-0.2, -0.15) is 0 Å². The molecule has 0 radical (unpaired) electrons. The SMILES string of the molecule is CCCCCCCCCCCCCCCCCCC=C(C)C(=O)OC. The van der Waals surface area contributed by atoms with E-state index in [4.69, 9.17) is 0 Å². The Balaban J connectivity index is 3.16. The third kappa shape index (κ3) is 17.8. The summed E-state index contributed by atoms with van der Waals surface area (Å²) >= 11 is 0. The van der Waals surface area contributed by atoms with Gasteiger partial charge in [0.1, 0.15) is 0 Å².